The molecule has 0 radical (unpaired) electrons. The highest BCUT2D eigenvalue weighted by atomic mass is 35.5. The maximum atomic E-state index is 13.4. The van der Waals surface area contributed by atoms with E-state index < -0.39 is 5.69 Å². The van der Waals surface area contributed by atoms with Crippen LogP contribution in [-0.2, 0) is 26.7 Å². The first-order chi connectivity index (χ1) is 14.9. The molecular formula is C21H19Cl2N5O3. The Morgan fingerprint density at radius 3 is 2.68 bits per heavy atom. The summed E-state index contributed by atoms with van der Waals surface area (Å²) in [5.41, 5.74) is 0.702. The van der Waals surface area contributed by atoms with E-state index in [-0.39, 0.29) is 12.1 Å². The average Bonchev–Trinajstić information content (AvgIpc) is 3.40. The Labute approximate surface area is 186 Å². The Morgan fingerprint density at radius 2 is 1.94 bits per heavy atom. The summed E-state index contributed by atoms with van der Waals surface area (Å²) in [6, 6.07) is 8.81. The van der Waals surface area contributed by atoms with Crippen LogP contribution in [0, 0.1) is 0 Å². The Morgan fingerprint density at radius 1 is 1.10 bits per heavy atom. The van der Waals surface area contributed by atoms with E-state index in [0.717, 1.165) is 18.7 Å². The van der Waals surface area contributed by atoms with E-state index >= 15 is 0 Å². The molecule has 0 saturated carbocycles. The second-order valence-corrected chi connectivity index (χ2v) is 8.39. The first-order valence-corrected chi connectivity index (χ1v) is 10.6. The van der Waals surface area contributed by atoms with E-state index in [2.05, 4.69) is 9.88 Å². The van der Waals surface area contributed by atoms with E-state index in [1.807, 2.05) is 16.7 Å². The number of furan rings is 1. The predicted molar refractivity (Wildman–Crippen MR) is 119 cm³/mol. The Kier molecular flexibility index (Phi) is 4.91. The normalized spacial score (nSPS) is 13.7. The number of hydrogen-bond acceptors (Lipinski definition) is 5. The number of fused-ring (bicyclic) bond motifs is 3. The van der Waals surface area contributed by atoms with Gasteiger partial charge in [-0.3, -0.25) is 13.9 Å². The number of aryl methyl sites for hydroxylation is 2. The summed E-state index contributed by atoms with van der Waals surface area (Å²) >= 11 is 12.1. The van der Waals surface area contributed by atoms with Crippen molar-refractivity contribution in [1.82, 2.24) is 18.7 Å². The van der Waals surface area contributed by atoms with Crippen molar-refractivity contribution in [3.63, 3.8) is 0 Å². The van der Waals surface area contributed by atoms with E-state index in [4.69, 9.17) is 27.6 Å². The van der Waals surface area contributed by atoms with Gasteiger partial charge in [0.25, 0.3) is 5.56 Å². The highest BCUT2D eigenvalue weighted by Gasteiger charge is 2.26. The number of rotatable bonds is 4. The zero-order valence-electron chi connectivity index (χ0n) is 16.7. The van der Waals surface area contributed by atoms with E-state index in [1.165, 1.54) is 9.13 Å². The SMILES string of the molecule is Cn1c(=O)n(Cc2ccc(Cl)c(Cl)c2)c(=O)c2c1nc1n2CCCN1Cc1ccco1. The molecule has 0 spiro atoms. The van der Waals surface area contributed by atoms with Gasteiger partial charge < -0.3 is 13.9 Å². The Balaban J connectivity index is 1.64. The van der Waals surface area contributed by atoms with Crippen molar-refractivity contribution in [2.75, 3.05) is 11.4 Å². The van der Waals surface area contributed by atoms with Crippen LogP contribution in [0.15, 0.2) is 50.6 Å². The molecule has 4 aromatic rings. The molecule has 4 heterocycles. The second-order valence-electron chi connectivity index (χ2n) is 7.57. The highest BCUT2D eigenvalue weighted by Crippen LogP contribution is 2.26. The fourth-order valence-corrected chi connectivity index (χ4v) is 4.35. The Bertz CT molecular complexity index is 1400. The van der Waals surface area contributed by atoms with Crippen LogP contribution in [0.4, 0.5) is 5.95 Å². The summed E-state index contributed by atoms with van der Waals surface area (Å²) in [5.74, 6) is 1.48. The van der Waals surface area contributed by atoms with Gasteiger partial charge in [-0.1, -0.05) is 29.3 Å². The summed E-state index contributed by atoms with van der Waals surface area (Å²) in [5, 5.41) is 0.794. The van der Waals surface area contributed by atoms with Gasteiger partial charge >= 0.3 is 5.69 Å². The molecule has 0 saturated heterocycles. The standard InChI is InChI=1S/C21H19Cl2N5O3/c1-25-18-17(19(29)28(21(25)30)11-13-5-6-15(22)16(23)10-13)27-8-3-7-26(20(27)24-18)12-14-4-2-9-31-14/h2,4-6,9-10H,3,7-8,11-12H2,1H3. The molecule has 1 aliphatic rings. The van der Waals surface area contributed by atoms with Crippen molar-refractivity contribution in [2.24, 2.45) is 7.05 Å². The molecule has 1 aliphatic heterocycles. The molecule has 0 amide bonds. The molecular weight excluding hydrogens is 441 g/mol. The van der Waals surface area contributed by atoms with Crippen molar-refractivity contribution in [1.29, 1.82) is 0 Å². The highest BCUT2D eigenvalue weighted by molar-refractivity contribution is 6.42. The van der Waals surface area contributed by atoms with E-state index in [9.17, 15) is 9.59 Å². The largest absolute Gasteiger partial charge is 0.467 e. The molecule has 0 N–H and O–H groups in total. The molecule has 3 aromatic heterocycles. The smallest absolute Gasteiger partial charge is 0.332 e. The summed E-state index contributed by atoms with van der Waals surface area (Å²) in [4.78, 5) is 33.1. The molecule has 0 fully saturated rings. The molecule has 0 unspecified atom stereocenters. The minimum absolute atomic E-state index is 0.0922. The molecule has 8 nitrogen and oxygen atoms in total. The summed E-state index contributed by atoms with van der Waals surface area (Å²) in [6.07, 6.45) is 2.49. The Hall–Kier alpha value is -2.97. The van der Waals surface area contributed by atoms with Gasteiger partial charge in [0, 0.05) is 20.1 Å². The lowest BCUT2D eigenvalue weighted by molar-refractivity contribution is 0.481. The molecule has 0 aliphatic carbocycles. The maximum absolute atomic E-state index is 13.4. The zero-order valence-corrected chi connectivity index (χ0v) is 18.2. The lowest BCUT2D eigenvalue weighted by Crippen LogP contribution is -2.40. The number of nitrogens with zero attached hydrogens (tertiary/aromatic N) is 5. The fourth-order valence-electron chi connectivity index (χ4n) is 4.03. The van der Waals surface area contributed by atoms with Crippen molar-refractivity contribution in [3.8, 4) is 0 Å². The molecule has 160 valence electrons. The third-order valence-electron chi connectivity index (χ3n) is 5.56. The number of aromatic nitrogens is 4. The molecule has 0 atom stereocenters. The van der Waals surface area contributed by atoms with Crippen molar-refractivity contribution in [2.45, 2.75) is 26.1 Å². The van der Waals surface area contributed by atoms with Crippen LogP contribution >= 0.6 is 23.2 Å². The van der Waals surface area contributed by atoms with E-state index in [1.54, 1.807) is 31.5 Å². The van der Waals surface area contributed by atoms with Crippen molar-refractivity contribution in [3.05, 3.63) is 78.8 Å². The van der Waals surface area contributed by atoms with Gasteiger partial charge in [0.1, 0.15) is 5.76 Å². The lowest BCUT2D eigenvalue weighted by atomic mass is 10.2. The van der Waals surface area contributed by atoms with Crippen LogP contribution in [0.3, 0.4) is 0 Å². The van der Waals surface area contributed by atoms with Gasteiger partial charge in [-0.25, -0.2) is 4.79 Å². The quantitative estimate of drug-likeness (QED) is 0.467. The van der Waals surface area contributed by atoms with Gasteiger partial charge in [0.05, 0.1) is 29.4 Å². The maximum Gasteiger partial charge on any atom is 0.332 e. The third kappa shape index (κ3) is 3.36. The molecule has 0 bridgehead atoms. The fraction of sp³-hybridized carbons (Fsp3) is 0.286. The summed E-state index contributed by atoms with van der Waals surface area (Å²) in [7, 11) is 1.63. The number of anilines is 1. The molecule has 31 heavy (non-hydrogen) atoms. The van der Waals surface area contributed by atoms with Crippen LogP contribution in [0.5, 0.6) is 0 Å². The van der Waals surface area contributed by atoms with Gasteiger partial charge in [0.15, 0.2) is 11.2 Å². The third-order valence-corrected chi connectivity index (χ3v) is 6.30. The minimum atomic E-state index is -0.434. The first kappa shape index (κ1) is 20.0. The molecule has 5 rings (SSSR count). The number of halogens is 2. The van der Waals surface area contributed by atoms with Gasteiger partial charge in [-0.2, -0.15) is 4.98 Å². The molecule has 1 aromatic carbocycles. The van der Waals surface area contributed by atoms with Crippen molar-refractivity contribution >= 4 is 40.3 Å². The van der Waals surface area contributed by atoms with Crippen LogP contribution in [0.25, 0.3) is 11.2 Å². The monoisotopic (exact) mass is 459 g/mol. The van der Waals surface area contributed by atoms with Crippen LogP contribution in [-0.4, -0.2) is 25.2 Å². The molecule has 10 heteroatoms. The summed E-state index contributed by atoms with van der Waals surface area (Å²) in [6.45, 7) is 2.08. The van der Waals surface area contributed by atoms with Crippen molar-refractivity contribution < 1.29 is 4.42 Å². The average molecular weight is 460 g/mol. The number of imidazole rings is 1. The van der Waals surface area contributed by atoms with E-state index in [0.29, 0.717) is 45.8 Å². The topological polar surface area (TPSA) is 78.2 Å². The van der Waals surface area contributed by atoms with Gasteiger partial charge in [-0.05, 0) is 36.2 Å². The number of benzene rings is 1. The second kappa shape index (κ2) is 7.62. The zero-order chi connectivity index (χ0) is 21.7. The van der Waals surface area contributed by atoms with Gasteiger partial charge in [0.2, 0.25) is 5.95 Å². The number of hydrogen-bond donors (Lipinski definition) is 0. The van der Waals surface area contributed by atoms with Crippen LogP contribution in [0.1, 0.15) is 17.7 Å². The minimum Gasteiger partial charge on any atom is -0.467 e. The lowest BCUT2D eigenvalue weighted by Gasteiger charge is -2.28. The predicted octanol–water partition coefficient (Wildman–Crippen LogP) is 3.26. The summed E-state index contributed by atoms with van der Waals surface area (Å²) < 4.78 is 10.0. The van der Waals surface area contributed by atoms with Crippen LogP contribution < -0.4 is 16.1 Å². The first-order valence-electron chi connectivity index (χ1n) is 9.85. The van der Waals surface area contributed by atoms with Crippen LogP contribution in [0.2, 0.25) is 10.0 Å². The van der Waals surface area contributed by atoms with Gasteiger partial charge in [-0.15, -0.1) is 0 Å².